The van der Waals surface area contributed by atoms with E-state index in [0.717, 1.165) is 17.9 Å². The number of hydrogen-bond donors (Lipinski definition) is 1. The van der Waals surface area contributed by atoms with Crippen LogP contribution in [0.2, 0.25) is 0 Å². The molecule has 1 aromatic rings. The van der Waals surface area contributed by atoms with Gasteiger partial charge in [0.15, 0.2) is 0 Å². The molecular weight excluding hydrogens is 242 g/mol. The molecule has 4 nitrogen and oxygen atoms in total. The lowest BCUT2D eigenvalue weighted by Crippen LogP contribution is -2.42. The van der Waals surface area contributed by atoms with Gasteiger partial charge in [0, 0.05) is 12.3 Å². The SMILES string of the molecule is CCCO[C@@](C)(CC)C(=O)Nc1ccc(OC)cc1. The Kier molecular flexibility index (Phi) is 5.83. The maximum atomic E-state index is 12.3. The molecule has 0 aromatic heterocycles. The highest BCUT2D eigenvalue weighted by Crippen LogP contribution is 2.20. The molecule has 4 heteroatoms. The third-order valence-electron chi connectivity index (χ3n) is 3.13. The van der Waals surface area contributed by atoms with Crippen molar-refractivity contribution < 1.29 is 14.3 Å². The molecule has 0 saturated carbocycles. The second kappa shape index (κ2) is 7.14. The molecule has 0 radical (unpaired) electrons. The zero-order valence-corrected chi connectivity index (χ0v) is 12.2. The van der Waals surface area contributed by atoms with Crippen LogP contribution in [0.25, 0.3) is 0 Å². The number of nitrogens with one attached hydrogen (secondary N) is 1. The van der Waals surface area contributed by atoms with Gasteiger partial charge in [-0.3, -0.25) is 4.79 Å². The van der Waals surface area contributed by atoms with Gasteiger partial charge >= 0.3 is 0 Å². The van der Waals surface area contributed by atoms with Crippen molar-refractivity contribution in [2.75, 3.05) is 19.0 Å². The first kappa shape index (κ1) is 15.5. The Morgan fingerprint density at radius 3 is 2.37 bits per heavy atom. The van der Waals surface area contributed by atoms with Crippen LogP contribution in [0.1, 0.15) is 33.6 Å². The Balaban J connectivity index is 2.70. The minimum absolute atomic E-state index is 0.117. The molecule has 1 aromatic carbocycles. The average Bonchev–Trinajstić information content (AvgIpc) is 2.45. The van der Waals surface area contributed by atoms with Gasteiger partial charge in [-0.1, -0.05) is 13.8 Å². The van der Waals surface area contributed by atoms with Crippen molar-refractivity contribution >= 4 is 11.6 Å². The number of benzene rings is 1. The summed E-state index contributed by atoms with van der Waals surface area (Å²) in [5, 5.41) is 2.87. The lowest BCUT2D eigenvalue weighted by molar-refractivity contribution is -0.139. The molecule has 0 fully saturated rings. The van der Waals surface area contributed by atoms with Crippen LogP contribution >= 0.6 is 0 Å². The summed E-state index contributed by atoms with van der Waals surface area (Å²) in [6.07, 6.45) is 1.53. The van der Waals surface area contributed by atoms with Gasteiger partial charge in [-0.15, -0.1) is 0 Å². The van der Waals surface area contributed by atoms with Crippen LogP contribution < -0.4 is 10.1 Å². The van der Waals surface area contributed by atoms with E-state index in [4.69, 9.17) is 9.47 Å². The van der Waals surface area contributed by atoms with Crippen molar-refractivity contribution in [1.29, 1.82) is 0 Å². The predicted molar refractivity (Wildman–Crippen MR) is 76.6 cm³/mol. The quantitative estimate of drug-likeness (QED) is 0.823. The van der Waals surface area contributed by atoms with Crippen molar-refractivity contribution in [3.05, 3.63) is 24.3 Å². The van der Waals surface area contributed by atoms with E-state index in [-0.39, 0.29) is 5.91 Å². The Hall–Kier alpha value is -1.55. The van der Waals surface area contributed by atoms with Crippen LogP contribution in [0.3, 0.4) is 0 Å². The van der Waals surface area contributed by atoms with E-state index < -0.39 is 5.60 Å². The molecule has 1 atom stereocenters. The number of methoxy groups -OCH3 is 1. The fraction of sp³-hybridized carbons (Fsp3) is 0.533. The van der Waals surface area contributed by atoms with Gasteiger partial charge < -0.3 is 14.8 Å². The normalized spacial score (nSPS) is 13.7. The monoisotopic (exact) mass is 265 g/mol. The summed E-state index contributed by atoms with van der Waals surface area (Å²) in [5.41, 5.74) is -0.0405. The smallest absolute Gasteiger partial charge is 0.256 e. The molecule has 0 aliphatic carbocycles. The van der Waals surface area contributed by atoms with E-state index >= 15 is 0 Å². The standard InChI is InChI=1S/C15H23NO3/c1-5-11-19-15(3,6-2)14(17)16-12-7-9-13(18-4)10-8-12/h7-10H,5-6,11H2,1-4H3,(H,16,17)/t15-/m0/s1. The summed E-state index contributed by atoms with van der Waals surface area (Å²) in [6.45, 7) is 6.38. The summed E-state index contributed by atoms with van der Waals surface area (Å²) >= 11 is 0. The van der Waals surface area contributed by atoms with Crippen molar-refractivity contribution in [1.82, 2.24) is 0 Å². The molecule has 0 unspecified atom stereocenters. The topological polar surface area (TPSA) is 47.6 Å². The van der Waals surface area contributed by atoms with Gasteiger partial charge in [0.05, 0.1) is 7.11 Å². The number of carbonyl (C=O) groups excluding carboxylic acids is 1. The molecule has 0 heterocycles. The van der Waals surface area contributed by atoms with E-state index in [1.165, 1.54) is 0 Å². The molecule has 0 spiro atoms. The van der Waals surface area contributed by atoms with Crippen LogP contribution in [-0.2, 0) is 9.53 Å². The first-order valence-electron chi connectivity index (χ1n) is 6.65. The Bertz CT molecular complexity index is 402. The van der Waals surface area contributed by atoms with Crippen LogP contribution in [-0.4, -0.2) is 25.2 Å². The van der Waals surface area contributed by atoms with Crippen molar-refractivity contribution in [3.8, 4) is 5.75 Å². The highest BCUT2D eigenvalue weighted by molar-refractivity contribution is 5.97. The van der Waals surface area contributed by atoms with Gasteiger partial charge in [-0.2, -0.15) is 0 Å². The van der Waals surface area contributed by atoms with E-state index in [1.54, 1.807) is 7.11 Å². The number of carbonyl (C=O) groups is 1. The second-order valence-electron chi connectivity index (χ2n) is 4.62. The maximum absolute atomic E-state index is 12.3. The fourth-order valence-electron chi connectivity index (χ4n) is 1.59. The lowest BCUT2D eigenvalue weighted by Gasteiger charge is -2.27. The highest BCUT2D eigenvalue weighted by Gasteiger charge is 2.32. The Morgan fingerprint density at radius 1 is 1.26 bits per heavy atom. The van der Waals surface area contributed by atoms with Gasteiger partial charge in [0.1, 0.15) is 11.4 Å². The molecule has 1 amide bonds. The molecule has 106 valence electrons. The van der Waals surface area contributed by atoms with Gasteiger partial charge in [-0.05, 0) is 44.0 Å². The Labute approximate surface area is 115 Å². The van der Waals surface area contributed by atoms with Crippen LogP contribution in [0.5, 0.6) is 5.75 Å². The summed E-state index contributed by atoms with van der Waals surface area (Å²) in [7, 11) is 1.61. The predicted octanol–water partition coefficient (Wildman–Crippen LogP) is 3.23. The summed E-state index contributed by atoms with van der Waals surface area (Å²) in [5.74, 6) is 0.645. The van der Waals surface area contributed by atoms with Crippen molar-refractivity contribution in [2.45, 2.75) is 39.2 Å². The van der Waals surface area contributed by atoms with E-state index in [1.807, 2.05) is 45.0 Å². The molecule has 19 heavy (non-hydrogen) atoms. The third kappa shape index (κ3) is 4.24. The first-order chi connectivity index (χ1) is 9.05. The molecule has 0 bridgehead atoms. The highest BCUT2D eigenvalue weighted by atomic mass is 16.5. The maximum Gasteiger partial charge on any atom is 0.256 e. The van der Waals surface area contributed by atoms with E-state index in [9.17, 15) is 4.79 Å². The molecule has 0 saturated heterocycles. The first-order valence-corrected chi connectivity index (χ1v) is 6.65. The number of amides is 1. The summed E-state index contributed by atoms with van der Waals surface area (Å²) in [6, 6.07) is 7.25. The van der Waals surface area contributed by atoms with Gasteiger partial charge in [0.2, 0.25) is 0 Å². The zero-order valence-electron chi connectivity index (χ0n) is 12.2. The minimum atomic E-state index is -0.782. The van der Waals surface area contributed by atoms with Gasteiger partial charge in [-0.25, -0.2) is 0 Å². The largest absolute Gasteiger partial charge is 0.497 e. The molecule has 1 N–H and O–H groups in total. The van der Waals surface area contributed by atoms with E-state index in [0.29, 0.717) is 13.0 Å². The van der Waals surface area contributed by atoms with E-state index in [2.05, 4.69) is 5.32 Å². The summed E-state index contributed by atoms with van der Waals surface area (Å²) < 4.78 is 10.7. The number of anilines is 1. The number of rotatable bonds is 7. The third-order valence-corrected chi connectivity index (χ3v) is 3.13. The fourth-order valence-corrected chi connectivity index (χ4v) is 1.59. The molecule has 1 rings (SSSR count). The molecule has 0 aliphatic heterocycles. The number of ether oxygens (including phenoxy) is 2. The number of hydrogen-bond acceptors (Lipinski definition) is 3. The van der Waals surface area contributed by atoms with Crippen LogP contribution in [0.15, 0.2) is 24.3 Å². The van der Waals surface area contributed by atoms with Crippen molar-refractivity contribution in [3.63, 3.8) is 0 Å². The van der Waals surface area contributed by atoms with Crippen LogP contribution in [0.4, 0.5) is 5.69 Å². The zero-order chi connectivity index (χ0) is 14.3. The second-order valence-corrected chi connectivity index (χ2v) is 4.62. The molecule has 0 aliphatic rings. The minimum Gasteiger partial charge on any atom is -0.497 e. The average molecular weight is 265 g/mol. The summed E-state index contributed by atoms with van der Waals surface area (Å²) in [4.78, 5) is 12.3. The van der Waals surface area contributed by atoms with Gasteiger partial charge in [0.25, 0.3) is 5.91 Å². The Morgan fingerprint density at radius 2 is 1.89 bits per heavy atom. The lowest BCUT2D eigenvalue weighted by atomic mass is 10.0. The van der Waals surface area contributed by atoms with Crippen molar-refractivity contribution in [2.24, 2.45) is 0 Å². The molecular formula is C15H23NO3. The van der Waals surface area contributed by atoms with Crippen LogP contribution in [0, 0.1) is 0 Å².